The highest BCUT2D eigenvalue weighted by Crippen LogP contribution is 2.18. The van der Waals surface area contributed by atoms with Crippen molar-refractivity contribution in [2.45, 2.75) is 44.9 Å². The average Bonchev–Trinajstić information content (AvgIpc) is 2.23. The predicted octanol–water partition coefficient (Wildman–Crippen LogP) is -0.0633. The lowest BCUT2D eigenvalue weighted by Gasteiger charge is -2.36. The van der Waals surface area contributed by atoms with Crippen LogP contribution in [0.4, 0.5) is 0 Å². The fourth-order valence-corrected chi connectivity index (χ4v) is 2.70. The molecule has 1 aliphatic heterocycles. The van der Waals surface area contributed by atoms with Crippen molar-refractivity contribution in [3.8, 4) is 0 Å². The van der Waals surface area contributed by atoms with E-state index < -0.39 is 20.1 Å². The maximum absolute atomic E-state index is 12.1. The molecule has 1 heterocycles. The number of carbonyl (C=O) groups is 2. The second-order valence-electron chi connectivity index (χ2n) is 6.26. The molecule has 0 radical (unpaired) electrons. The molecule has 110 valence electrons. The molecule has 0 spiro atoms. The zero-order valence-electron chi connectivity index (χ0n) is 12.1. The molecule has 1 aliphatic rings. The van der Waals surface area contributed by atoms with Gasteiger partial charge >= 0.3 is 0 Å². The topological polar surface area (TPSA) is 83.6 Å². The lowest BCUT2D eigenvalue weighted by molar-refractivity contribution is -0.152. The molecule has 1 fully saturated rings. The van der Waals surface area contributed by atoms with Crippen LogP contribution in [0, 0.1) is 0 Å². The largest absolute Gasteiger partial charge is 0.295 e. The first kappa shape index (κ1) is 16.1. The maximum Gasteiger partial charge on any atom is 0.248 e. The van der Waals surface area contributed by atoms with Crippen molar-refractivity contribution in [3.63, 3.8) is 0 Å². The number of rotatable bonds is 3. The van der Waals surface area contributed by atoms with Gasteiger partial charge in [0, 0.05) is 6.54 Å². The van der Waals surface area contributed by atoms with Gasteiger partial charge in [-0.15, -0.1) is 0 Å². The van der Waals surface area contributed by atoms with Crippen LogP contribution in [-0.2, 0) is 19.4 Å². The van der Waals surface area contributed by atoms with Gasteiger partial charge in [-0.05, 0) is 34.6 Å². The molecule has 0 unspecified atom stereocenters. The van der Waals surface area contributed by atoms with Crippen molar-refractivity contribution in [2.24, 2.45) is 0 Å². The lowest BCUT2D eigenvalue weighted by Crippen LogP contribution is -2.64. The van der Waals surface area contributed by atoms with Crippen LogP contribution in [0.3, 0.4) is 0 Å². The Balaban J connectivity index is 2.82. The van der Waals surface area contributed by atoms with E-state index >= 15 is 0 Å². The summed E-state index contributed by atoms with van der Waals surface area (Å²) in [6, 6.07) is 0. The minimum absolute atomic E-state index is 0.0499. The number of amides is 2. The van der Waals surface area contributed by atoms with Crippen LogP contribution in [0.15, 0.2) is 0 Å². The van der Waals surface area contributed by atoms with E-state index in [2.05, 4.69) is 5.32 Å². The third kappa shape index (κ3) is 3.33. The van der Waals surface area contributed by atoms with Crippen LogP contribution < -0.4 is 5.32 Å². The van der Waals surface area contributed by atoms with E-state index in [-0.39, 0.29) is 30.7 Å². The SMILES string of the molecule is CC1(C)NCC(=O)N(CCS(=O)(=O)C(C)(C)C)C1=O. The molecule has 0 saturated carbocycles. The van der Waals surface area contributed by atoms with Crippen molar-refractivity contribution < 1.29 is 18.0 Å². The van der Waals surface area contributed by atoms with E-state index in [1.807, 2.05) is 0 Å². The second-order valence-corrected chi connectivity index (χ2v) is 9.12. The Hall–Kier alpha value is -0.950. The number of carbonyl (C=O) groups excluding carboxylic acids is 2. The van der Waals surface area contributed by atoms with Crippen LogP contribution in [0.5, 0.6) is 0 Å². The Bertz CT molecular complexity index is 488. The number of piperazine rings is 1. The summed E-state index contributed by atoms with van der Waals surface area (Å²) < 4.78 is 23.1. The molecule has 0 atom stereocenters. The molecule has 0 aromatic heterocycles. The molecule has 0 aliphatic carbocycles. The van der Waals surface area contributed by atoms with Crippen molar-refractivity contribution in [1.82, 2.24) is 10.2 Å². The Kier molecular flexibility index (Phi) is 4.12. The van der Waals surface area contributed by atoms with Gasteiger partial charge in [0.2, 0.25) is 11.8 Å². The molecule has 7 heteroatoms. The standard InChI is InChI=1S/C12H22N2O4S/c1-11(2,3)19(17,18)7-6-14-9(15)8-13-12(4,5)10(14)16/h13H,6-8H2,1-5H3. The average molecular weight is 290 g/mol. The normalized spacial score (nSPS) is 20.8. The van der Waals surface area contributed by atoms with Crippen molar-refractivity contribution >= 4 is 21.7 Å². The molecule has 1 rings (SSSR count). The van der Waals surface area contributed by atoms with Crippen LogP contribution in [-0.4, -0.2) is 54.3 Å². The van der Waals surface area contributed by atoms with Gasteiger partial charge in [-0.1, -0.05) is 0 Å². The molecular formula is C12H22N2O4S. The summed E-state index contributed by atoms with van der Waals surface area (Å²) in [5.41, 5.74) is -0.834. The van der Waals surface area contributed by atoms with E-state index in [1.54, 1.807) is 34.6 Å². The van der Waals surface area contributed by atoms with Crippen LogP contribution in [0.25, 0.3) is 0 Å². The first-order chi connectivity index (χ1) is 8.38. The quantitative estimate of drug-likeness (QED) is 0.736. The molecule has 0 bridgehead atoms. The second kappa shape index (κ2) is 4.86. The smallest absolute Gasteiger partial charge is 0.248 e. The third-order valence-corrected chi connectivity index (χ3v) is 5.87. The van der Waals surface area contributed by atoms with E-state index in [0.29, 0.717) is 0 Å². The van der Waals surface area contributed by atoms with Gasteiger partial charge in [-0.3, -0.25) is 19.8 Å². The number of hydrogen-bond donors (Lipinski definition) is 1. The maximum atomic E-state index is 12.1. The predicted molar refractivity (Wildman–Crippen MR) is 72.3 cm³/mol. The monoisotopic (exact) mass is 290 g/mol. The Morgan fingerprint density at radius 3 is 2.26 bits per heavy atom. The summed E-state index contributed by atoms with van der Waals surface area (Å²) in [5, 5.41) is 2.83. The summed E-state index contributed by atoms with van der Waals surface area (Å²) in [7, 11) is -3.35. The Morgan fingerprint density at radius 1 is 1.26 bits per heavy atom. The molecule has 1 saturated heterocycles. The summed E-state index contributed by atoms with van der Waals surface area (Å²) >= 11 is 0. The van der Waals surface area contributed by atoms with E-state index in [0.717, 1.165) is 4.90 Å². The van der Waals surface area contributed by atoms with Gasteiger partial charge in [0.25, 0.3) is 0 Å². The molecule has 2 amide bonds. The molecule has 0 aromatic carbocycles. The zero-order chi connectivity index (χ0) is 15.1. The Morgan fingerprint density at radius 2 is 1.79 bits per heavy atom. The number of nitrogens with one attached hydrogen (secondary N) is 1. The molecular weight excluding hydrogens is 268 g/mol. The molecule has 0 aromatic rings. The Labute approximate surface area is 114 Å². The number of hydrogen-bond acceptors (Lipinski definition) is 5. The molecule has 6 nitrogen and oxygen atoms in total. The van der Waals surface area contributed by atoms with Gasteiger partial charge in [0.15, 0.2) is 9.84 Å². The highest BCUT2D eigenvalue weighted by Gasteiger charge is 2.40. The van der Waals surface area contributed by atoms with Crippen LogP contribution in [0.2, 0.25) is 0 Å². The van der Waals surface area contributed by atoms with Gasteiger partial charge in [-0.25, -0.2) is 8.42 Å². The van der Waals surface area contributed by atoms with E-state index in [9.17, 15) is 18.0 Å². The van der Waals surface area contributed by atoms with Crippen molar-refractivity contribution in [1.29, 1.82) is 0 Å². The van der Waals surface area contributed by atoms with Gasteiger partial charge in [0.05, 0.1) is 22.6 Å². The highest BCUT2D eigenvalue weighted by atomic mass is 32.2. The fourth-order valence-electron chi connectivity index (χ4n) is 1.66. The van der Waals surface area contributed by atoms with E-state index in [4.69, 9.17) is 0 Å². The highest BCUT2D eigenvalue weighted by molar-refractivity contribution is 7.92. The summed E-state index contributed by atoms with van der Waals surface area (Å²) in [6.45, 7) is 8.13. The first-order valence-electron chi connectivity index (χ1n) is 6.20. The third-order valence-electron chi connectivity index (χ3n) is 3.28. The lowest BCUT2D eigenvalue weighted by atomic mass is 10.0. The molecule has 19 heavy (non-hydrogen) atoms. The van der Waals surface area contributed by atoms with Gasteiger partial charge in [0.1, 0.15) is 0 Å². The van der Waals surface area contributed by atoms with E-state index in [1.165, 1.54) is 0 Å². The number of sulfone groups is 1. The zero-order valence-corrected chi connectivity index (χ0v) is 12.9. The van der Waals surface area contributed by atoms with Crippen LogP contribution in [0.1, 0.15) is 34.6 Å². The van der Waals surface area contributed by atoms with Gasteiger partial charge < -0.3 is 0 Å². The molecule has 1 N–H and O–H groups in total. The summed E-state index contributed by atoms with van der Waals surface area (Å²) in [6.07, 6.45) is 0. The van der Waals surface area contributed by atoms with Crippen LogP contribution >= 0.6 is 0 Å². The van der Waals surface area contributed by atoms with Gasteiger partial charge in [-0.2, -0.15) is 0 Å². The minimum Gasteiger partial charge on any atom is -0.295 e. The summed E-state index contributed by atoms with van der Waals surface area (Å²) in [5.74, 6) is -0.967. The number of imide groups is 1. The number of nitrogens with zero attached hydrogens (tertiary/aromatic N) is 1. The van der Waals surface area contributed by atoms with Crippen molar-refractivity contribution in [3.05, 3.63) is 0 Å². The fraction of sp³-hybridized carbons (Fsp3) is 0.833. The first-order valence-corrected chi connectivity index (χ1v) is 7.86. The summed E-state index contributed by atoms with van der Waals surface area (Å²) in [4.78, 5) is 24.8. The minimum atomic E-state index is -3.35. The van der Waals surface area contributed by atoms with Crippen molar-refractivity contribution in [2.75, 3.05) is 18.8 Å².